The van der Waals surface area contributed by atoms with Crippen molar-refractivity contribution in [1.29, 1.82) is 0 Å². The lowest BCUT2D eigenvalue weighted by molar-refractivity contribution is 1.42. The number of aryl methyl sites for hydroxylation is 1. The normalized spacial score (nSPS) is 10.4. The first-order chi connectivity index (χ1) is 8.47. The van der Waals surface area contributed by atoms with Crippen LogP contribution in [0.3, 0.4) is 0 Å². The summed E-state index contributed by atoms with van der Waals surface area (Å²) in [5.41, 5.74) is 8.92. The maximum atomic E-state index is 6.14. The second-order valence-electron chi connectivity index (χ2n) is 3.94. The molecule has 0 amide bonds. The molecule has 0 saturated carbocycles. The second-order valence-corrected chi connectivity index (χ2v) is 5.67. The predicted molar refractivity (Wildman–Crippen MR) is 83.0 cm³/mol. The van der Waals surface area contributed by atoms with Gasteiger partial charge in [-0.3, -0.25) is 0 Å². The lowest BCUT2D eigenvalue weighted by Gasteiger charge is -2.13. The zero-order chi connectivity index (χ0) is 13.3. The predicted octanol–water partition coefficient (Wildman–Crippen LogP) is 5.39. The summed E-state index contributed by atoms with van der Waals surface area (Å²) in [5, 5.41) is 4.23. The van der Waals surface area contributed by atoms with E-state index in [0.717, 1.165) is 15.7 Å². The van der Waals surface area contributed by atoms with Crippen LogP contribution in [0.25, 0.3) is 0 Å². The molecule has 0 aliphatic carbocycles. The van der Waals surface area contributed by atoms with Gasteiger partial charge in [0.2, 0.25) is 0 Å². The van der Waals surface area contributed by atoms with Gasteiger partial charge in [0.15, 0.2) is 0 Å². The van der Waals surface area contributed by atoms with Crippen LogP contribution in [0.1, 0.15) is 5.56 Å². The maximum Gasteiger partial charge on any atom is 0.0764 e. The summed E-state index contributed by atoms with van der Waals surface area (Å²) < 4.78 is 0.985. The number of hydrogen-bond acceptors (Lipinski definition) is 2. The van der Waals surface area contributed by atoms with Gasteiger partial charge in [-0.15, -0.1) is 0 Å². The highest BCUT2D eigenvalue weighted by Gasteiger charge is 2.09. The van der Waals surface area contributed by atoms with Crippen LogP contribution < -0.4 is 11.1 Å². The molecule has 94 valence electrons. The molecule has 0 unspecified atom stereocenters. The summed E-state index contributed by atoms with van der Waals surface area (Å²) in [5.74, 6) is 0. The van der Waals surface area contributed by atoms with E-state index in [9.17, 15) is 0 Å². The van der Waals surface area contributed by atoms with Gasteiger partial charge in [-0.05, 0) is 36.8 Å². The van der Waals surface area contributed by atoms with E-state index in [2.05, 4.69) is 21.2 Å². The number of nitrogens with one attached hydrogen (secondary N) is 1. The van der Waals surface area contributed by atoms with Gasteiger partial charge >= 0.3 is 0 Å². The van der Waals surface area contributed by atoms with Crippen LogP contribution in [0.15, 0.2) is 34.8 Å². The Kier molecular flexibility index (Phi) is 4.05. The average molecular weight is 346 g/mol. The summed E-state index contributed by atoms with van der Waals surface area (Å²) >= 11 is 15.7. The van der Waals surface area contributed by atoms with Crippen molar-refractivity contribution in [3.05, 3.63) is 50.4 Å². The van der Waals surface area contributed by atoms with Crippen molar-refractivity contribution in [2.75, 3.05) is 11.1 Å². The molecule has 3 N–H and O–H groups in total. The Morgan fingerprint density at radius 3 is 2.33 bits per heavy atom. The van der Waals surface area contributed by atoms with Crippen LogP contribution in [0.2, 0.25) is 10.0 Å². The van der Waals surface area contributed by atoms with Gasteiger partial charge in [-0.2, -0.15) is 0 Å². The van der Waals surface area contributed by atoms with Gasteiger partial charge < -0.3 is 11.1 Å². The molecule has 2 aromatic carbocycles. The molecule has 0 atom stereocenters. The van der Waals surface area contributed by atoms with Crippen LogP contribution in [-0.2, 0) is 0 Å². The minimum absolute atomic E-state index is 0.499. The van der Waals surface area contributed by atoms with Crippen LogP contribution in [-0.4, -0.2) is 0 Å². The first-order valence-electron chi connectivity index (χ1n) is 5.25. The average Bonchev–Trinajstić information content (AvgIpc) is 2.28. The van der Waals surface area contributed by atoms with Crippen LogP contribution in [0, 0.1) is 6.92 Å². The van der Waals surface area contributed by atoms with Crippen molar-refractivity contribution in [3.63, 3.8) is 0 Å². The zero-order valence-electron chi connectivity index (χ0n) is 9.60. The first-order valence-corrected chi connectivity index (χ1v) is 6.80. The molecule has 2 nitrogen and oxygen atoms in total. The lowest BCUT2D eigenvalue weighted by Crippen LogP contribution is -1.96. The molecule has 5 heteroatoms. The fourth-order valence-corrected chi connectivity index (χ4v) is 2.54. The van der Waals surface area contributed by atoms with Crippen molar-refractivity contribution in [3.8, 4) is 0 Å². The number of nitrogen functional groups attached to an aromatic ring is 1. The Hall–Kier alpha value is -0.900. The quantitative estimate of drug-likeness (QED) is 0.716. The molecule has 0 saturated heterocycles. The first kappa shape index (κ1) is 13.5. The molecule has 0 aromatic heterocycles. The van der Waals surface area contributed by atoms with Gasteiger partial charge in [0, 0.05) is 15.8 Å². The summed E-state index contributed by atoms with van der Waals surface area (Å²) in [4.78, 5) is 0. The number of hydrogen-bond donors (Lipinski definition) is 2. The Labute approximate surface area is 124 Å². The Morgan fingerprint density at radius 2 is 1.72 bits per heavy atom. The van der Waals surface area contributed by atoms with Crippen molar-refractivity contribution in [1.82, 2.24) is 0 Å². The van der Waals surface area contributed by atoms with Crippen LogP contribution in [0.5, 0.6) is 0 Å². The summed E-state index contributed by atoms with van der Waals surface area (Å²) in [7, 11) is 0. The zero-order valence-corrected chi connectivity index (χ0v) is 12.7. The fraction of sp³-hybridized carbons (Fsp3) is 0.0769. The van der Waals surface area contributed by atoms with Gasteiger partial charge in [0.1, 0.15) is 0 Å². The standard InChI is InChI=1S/C13H11BrCl2N2/c1-7-2-3-8(14)4-12(7)18-13-10(15)5-9(17)6-11(13)16/h2-6,18H,17H2,1H3. The number of nitrogens with two attached hydrogens (primary N) is 1. The lowest BCUT2D eigenvalue weighted by atomic mass is 10.2. The van der Waals surface area contributed by atoms with E-state index in [0.29, 0.717) is 21.4 Å². The van der Waals surface area contributed by atoms with E-state index in [1.54, 1.807) is 12.1 Å². The van der Waals surface area contributed by atoms with Gasteiger partial charge in [0.05, 0.1) is 15.7 Å². The highest BCUT2D eigenvalue weighted by molar-refractivity contribution is 9.10. The summed E-state index contributed by atoms with van der Waals surface area (Å²) in [6.45, 7) is 2.01. The monoisotopic (exact) mass is 344 g/mol. The van der Waals surface area contributed by atoms with Crippen molar-refractivity contribution in [2.45, 2.75) is 6.92 Å². The highest BCUT2D eigenvalue weighted by atomic mass is 79.9. The molecular weight excluding hydrogens is 335 g/mol. The van der Waals surface area contributed by atoms with E-state index in [1.165, 1.54) is 0 Å². The molecule has 0 fully saturated rings. The molecule has 0 spiro atoms. The Morgan fingerprint density at radius 1 is 1.11 bits per heavy atom. The molecule has 18 heavy (non-hydrogen) atoms. The van der Waals surface area contributed by atoms with Gasteiger partial charge in [-0.25, -0.2) is 0 Å². The molecule has 0 aliphatic rings. The molecule has 0 aliphatic heterocycles. The number of anilines is 3. The molecule has 2 aromatic rings. The maximum absolute atomic E-state index is 6.14. The van der Waals surface area contributed by atoms with Gasteiger partial charge in [-0.1, -0.05) is 45.2 Å². The second kappa shape index (κ2) is 5.39. The highest BCUT2D eigenvalue weighted by Crippen LogP contribution is 2.36. The third kappa shape index (κ3) is 2.91. The minimum Gasteiger partial charge on any atom is -0.399 e. The third-order valence-corrected chi connectivity index (χ3v) is 3.61. The number of halogens is 3. The number of rotatable bonds is 2. The summed E-state index contributed by atoms with van der Waals surface area (Å²) in [6.07, 6.45) is 0. The molecule has 0 bridgehead atoms. The smallest absolute Gasteiger partial charge is 0.0764 e. The minimum atomic E-state index is 0.499. The van der Waals surface area contributed by atoms with E-state index >= 15 is 0 Å². The van der Waals surface area contributed by atoms with Crippen LogP contribution in [0.4, 0.5) is 17.1 Å². The third-order valence-electron chi connectivity index (χ3n) is 2.52. The van der Waals surface area contributed by atoms with Crippen LogP contribution >= 0.6 is 39.1 Å². The Balaban J connectivity index is 2.43. The van der Waals surface area contributed by atoms with E-state index in [1.807, 2.05) is 25.1 Å². The molecular formula is C13H11BrCl2N2. The van der Waals surface area contributed by atoms with Gasteiger partial charge in [0.25, 0.3) is 0 Å². The van der Waals surface area contributed by atoms with E-state index in [4.69, 9.17) is 28.9 Å². The van der Waals surface area contributed by atoms with Crippen molar-refractivity contribution >= 4 is 56.2 Å². The number of benzene rings is 2. The largest absolute Gasteiger partial charge is 0.399 e. The Bertz CT molecular complexity index is 577. The molecule has 0 heterocycles. The molecule has 2 rings (SSSR count). The topological polar surface area (TPSA) is 38.0 Å². The van der Waals surface area contributed by atoms with E-state index in [-0.39, 0.29) is 0 Å². The SMILES string of the molecule is Cc1ccc(Br)cc1Nc1c(Cl)cc(N)cc1Cl. The fourth-order valence-electron chi connectivity index (χ4n) is 1.58. The molecule has 0 radical (unpaired) electrons. The van der Waals surface area contributed by atoms with Crippen molar-refractivity contribution < 1.29 is 0 Å². The van der Waals surface area contributed by atoms with Crippen molar-refractivity contribution in [2.24, 2.45) is 0 Å². The van der Waals surface area contributed by atoms with E-state index < -0.39 is 0 Å². The summed E-state index contributed by atoms with van der Waals surface area (Å²) in [6, 6.07) is 9.29.